The summed E-state index contributed by atoms with van der Waals surface area (Å²) >= 11 is 0. The fourth-order valence-electron chi connectivity index (χ4n) is 7.33. The summed E-state index contributed by atoms with van der Waals surface area (Å²) in [5.41, 5.74) is 0. The molecular formula is C50H90O10. The Morgan fingerprint density at radius 3 is 1.43 bits per heavy atom. The van der Waals surface area contributed by atoms with Gasteiger partial charge in [-0.3, -0.25) is 9.59 Å². The number of carbonyl (C=O) groups is 2. The lowest BCUT2D eigenvalue weighted by atomic mass is 9.99. The Hall–Kier alpha value is -2.08. The van der Waals surface area contributed by atoms with Gasteiger partial charge in [0.25, 0.3) is 0 Å². The lowest BCUT2D eigenvalue weighted by Crippen LogP contribution is -2.59. The predicted molar refractivity (Wildman–Crippen MR) is 242 cm³/mol. The maximum Gasteiger partial charge on any atom is 0.306 e. The molecule has 350 valence electrons. The van der Waals surface area contributed by atoms with E-state index in [2.05, 4.69) is 50.3 Å². The van der Waals surface area contributed by atoms with E-state index in [0.717, 1.165) is 64.2 Å². The van der Waals surface area contributed by atoms with Crippen LogP contribution in [-0.4, -0.2) is 89.0 Å². The van der Waals surface area contributed by atoms with Crippen molar-refractivity contribution in [1.29, 1.82) is 0 Å². The molecule has 6 unspecified atom stereocenters. The van der Waals surface area contributed by atoms with Crippen molar-refractivity contribution in [3.05, 3.63) is 36.5 Å². The van der Waals surface area contributed by atoms with Crippen LogP contribution in [0.15, 0.2) is 36.5 Å². The maximum atomic E-state index is 12.8. The van der Waals surface area contributed by atoms with Gasteiger partial charge in [0.15, 0.2) is 12.4 Å². The molecule has 0 amide bonds. The minimum absolute atomic E-state index is 0.221. The summed E-state index contributed by atoms with van der Waals surface area (Å²) in [7, 11) is 0. The summed E-state index contributed by atoms with van der Waals surface area (Å²) in [4.78, 5) is 25.4. The summed E-state index contributed by atoms with van der Waals surface area (Å²) in [6.07, 6.45) is 40.1. The van der Waals surface area contributed by atoms with E-state index in [1.165, 1.54) is 109 Å². The van der Waals surface area contributed by atoms with E-state index in [-0.39, 0.29) is 32.0 Å². The number of ether oxygens (including phenoxy) is 4. The van der Waals surface area contributed by atoms with Crippen LogP contribution < -0.4 is 0 Å². The number of unbranched alkanes of at least 4 members (excludes halogenated alkanes) is 24. The van der Waals surface area contributed by atoms with E-state index < -0.39 is 49.4 Å². The van der Waals surface area contributed by atoms with Crippen molar-refractivity contribution in [2.24, 2.45) is 0 Å². The predicted octanol–water partition coefficient (Wildman–Crippen LogP) is 11.1. The fraction of sp³-hybridized carbons (Fsp3) is 0.840. The SMILES string of the molecule is CCCCC/C=C\CCCCCCCC(=O)OCC(COC1OC(CO)C(O)C(O)C1O)OC(=O)CCCCCCCCCCCCC/C=C\C/C=C\CCCCCCC. The van der Waals surface area contributed by atoms with Gasteiger partial charge in [-0.1, -0.05) is 166 Å². The van der Waals surface area contributed by atoms with Crippen LogP contribution in [-0.2, 0) is 28.5 Å². The van der Waals surface area contributed by atoms with Gasteiger partial charge in [0.2, 0.25) is 0 Å². The Balaban J connectivity index is 2.25. The van der Waals surface area contributed by atoms with Crippen molar-refractivity contribution in [2.45, 2.75) is 250 Å². The second-order valence-corrected chi connectivity index (χ2v) is 16.9. The summed E-state index contributed by atoms with van der Waals surface area (Å²) in [5, 5.41) is 40.1. The molecule has 1 aliphatic rings. The first kappa shape index (κ1) is 55.9. The van der Waals surface area contributed by atoms with Gasteiger partial charge in [-0.25, -0.2) is 0 Å². The minimum Gasteiger partial charge on any atom is -0.462 e. The zero-order valence-corrected chi connectivity index (χ0v) is 38.2. The number of rotatable bonds is 41. The van der Waals surface area contributed by atoms with E-state index in [9.17, 15) is 30.0 Å². The minimum atomic E-state index is -1.60. The maximum absolute atomic E-state index is 12.8. The highest BCUT2D eigenvalue weighted by Crippen LogP contribution is 2.23. The highest BCUT2D eigenvalue weighted by Gasteiger charge is 2.44. The molecule has 1 saturated heterocycles. The molecule has 1 heterocycles. The quantitative estimate of drug-likeness (QED) is 0.0266. The van der Waals surface area contributed by atoms with E-state index in [1.54, 1.807) is 0 Å². The number of aliphatic hydroxyl groups is 4. The van der Waals surface area contributed by atoms with Crippen molar-refractivity contribution in [3.8, 4) is 0 Å². The number of allylic oxidation sites excluding steroid dienone is 6. The lowest BCUT2D eigenvalue weighted by molar-refractivity contribution is -0.305. The van der Waals surface area contributed by atoms with Crippen LogP contribution in [0, 0.1) is 0 Å². The summed E-state index contributed by atoms with van der Waals surface area (Å²) in [6.45, 7) is 3.39. The largest absolute Gasteiger partial charge is 0.462 e. The van der Waals surface area contributed by atoms with Crippen molar-refractivity contribution in [1.82, 2.24) is 0 Å². The molecule has 0 aromatic carbocycles. The second kappa shape index (κ2) is 41.0. The number of carbonyl (C=O) groups excluding carboxylic acids is 2. The molecule has 60 heavy (non-hydrogen) atoms. The van der Waals surface area contributed by atoms with Crippen molar-refractivity contribution >= 4 is 11.9 Å². The van der Waals surface area contributed by atoms with Crippen LogP contribution in [0.3, 0.4) is 0 Å². The van der Waals surface area contributed by atoms with E-state index in [0.29, 0.717) is 12.8 Å². The topological polar surface area (TPSA) is 152 Å². The highest BCUT2D eigenvalue weighted by molar-refractivity contribution is 5.70. The van der Waals surface area contributed by atoms with Gasteiger partial charge in [0.1, 0.15) is 31.0 Å². The first-order chi connectivity index (χ1) is 29.3. The van der Waals surface area contributed by atoms with E-state index in [1.807, 2.05) is 0 Å². The van der Waals surface area contributed by atoms with Crippen molar-refractivity contribution in [2.75, 3.05) is 19.8 Å². The Bertz CT molecular complexity index is 1080. The number of hydrogen-bond donors (Lipinski definition) is 4. The lowest BCUT2D eigenvalue weighted by Gasteiger charge is -2.39. The van der Waals surface area contributed by atoms with Crippen molar-refractivity contribution < 1.29 is 49.0 Å². The number of hydrogen-bond acceptors (Lipinski definition) is 10. The first-order valence-electron chi connectivity index (χ1n) is 24.6. The smallest absolute Gasteiger partial charge is 0.306 e. The molecule has 0 bridgehead atoms. The molecule has 4 N–H and O–H groups in total. The molecule has 10 heteroatoms. The van der Waals surface area contributed by atoms with Crippen LogP contribution in [0.5, 0.6) is 0 Å². The van der Waals surface area contributed by atoms with E-state index >= 15 is 0 Å². The summed E-state index contributed by atoms with van der Waals surface area (Å²) in [6, 6.07) is 0. The molecule has 0 radical (unpaired) electrons. The van der Waals surface area contributed by atoms with Gasteiger partial charge < -0.3 is 39.4 Å². The summed E-state index contributed by atoms with van der Waals surface area (Å²) < 4.78 is 22.2. The van der Waals surface area contributed by atoms with E-state index in [4.69, 9.17) is 18.9 Å². The third-order valence-corrected chi connectivity index (χ3v) is 11.2. The van der Waals surface area contributed by atoms with Gasteiger partial charge in [-0.15, -0.1) is 0 Å². The molecule has 0 saturated carbocycles. The van der Waals surface area contributed by atoms with Gasteiger partial charge in [-0.2, -0.15) is 0 Å². The molecule has 1 fully saturated rings. The molecule has 6 atom stereocenters. The van der Waals surface area contributed by atoms with Gasteiger partial charge in [-0.05, 0) is 70.6 Å². The monoisotopic (exact) mass is 851 g/mol. The standard InChI is InChI=1S/C50H90O10/c1-3-5-7-9-11-13-15-17-18-19-20-21-22-23-24-25-26-27-29-31-33-35-37-39-46(53)59-43(42-58-50-49(56)48(55)47(54)44(40-51)60-50)41-57-45(52)38-36-34-32-30-28-16-14-12-10-8-6-4-2/h12,14-15,17,19-20,43-44,47-51,54-56H,3-11,13,16,18,21-42H2,1-2H3/b14-12-,17-15-,20-19-. The molecule has 1 aliphatic heterocycles. The molecule has 0 spiro atoms. The number of esters is 2. The molecule has 0 aromatic rings. The van der Waals surface area contributed by atoms with Crippen LogP contribution in [0.4, 0.5) is 0 Å². The Labute approximate surface area is 366 Å². The molecule has 0 aliphatic carbocycles. The van der Waals surface area contributed by atoms with Gasteiger partial charge in [0.05, 0.1) is 13.2 Å². The molecule has 0 aromatic heterocycles. The molecular weight excluding hydrogens is 761 g/mol. The second-order valence-electron chi connectivity index (χ2n) is 16.9. The van der Waals surface area contributed by atoms with Crippen LogP contribution in [0.1, 0.15) is 213 Å². The Morgan fingerprint density at radius 2 is 0.933 bits per heavy atom. The molecule has 10 nitrogen and oxygen atoms in total. The van der Waals surface area contributed by atoms with Crippen LogP contribution >= 0.6 is 0 Å². The number of aliphatic hydroxyl groups excluding tert-OH is 4. The summed E-state index contributed by atoms with van der Waals surface area (Å²) in [5.74, 6) is -0.815. The van der Waals surface area contributed by atoms with Crippen LogP contribution in [0.25, 0.3) is 0 Å². The average Bonchev–Trinajstić information content (AvgIpc) is 3.25. The van der Waals surface area contributed by atoms with Gasteiger partial charge in [0, 0.05) is 12.8 Å². The third kappa shape index (κ3) is 31.7. The highest BCUT2D eigenvalue weighted by atomic mass is 16.7. The van der Waals surface area contributed by atoms with Crippen LogP contribution in [0.2, 0.25) is 0 Å². The van der Waals surface area contributed by atoms with Gasteiger partial charge >= 0.3 is 11.9 Å². The average molecular weight is 851 g/mol. The zero-order valence-electron chi connectivity index (χ0n) is 38.2. The Kier molecular flexibility index (Phi) is 38.2. The zero-order chi connectivity index (χ0) is 43.7. The normalized spacial score (nSPS) is 20.1. The first-order valence-corrected chi connectivity index (χ1v) is 24.6. The Morgan fingerprint density at radius 1 is 0.517 bits per heavy atom. The molecule has 1 rings (SSSR count). The van der Waals surface area contributed by atoms with Crippen molar-refractivity contribution in [3.63, 3.8) is 0 Å². The third-order valence-electron chi connectivity index (χ3n) is 11.2. The fourth-order valence-corrected chi connectivity index (χ4v) is 7.33.